The van der Waals surface area contributed by atoms with E-state index >= 15 is 0 Å². The van der Waals surface area contributed by atoms with Gasteiger partial charge in [-0.3, -0.25) is 9.36 Å². The lowest BCUT2D eigenvalue weighted by Gasteiger charge is -2.25. The molecule has 0 unspecified atom stereocenters. The third-order valence-electron chi connectivity index (χ3n) is 5.62. The summed E-state index contributed by atoms with van der Waals surface area (Å²) in [5, 5.41) is 0.789. The van der Waals surface area contributed by atoms with Crippen molar-refractivity contribution in [2.45, 2.75) is 39.8 Å². The first-order valence-electron chi connectivity index (χ1n) is 11.6. The fourth-order valence-electron chi connectivity index (χ4n) is 4.11. The van der Waals surface area contributed by atoms with E-state index in [4.69, 9.17) is 37.4 Å². The van der Waals surface area contributed by atoms with Gasteiger partial charge in [0.05, 0.1) is 40.6 Å². The van der Waals surface area contributed by atoms with Gasteiger partial charge in [0.25, 0.3) is 5.56 Å². The van der Waals surface area contributed by atoms with E-state index in [0.717, 1.165) is 0 Å². The number of rotatable bonds is 7. The molecule has 4 rings (SSSR count). The lowest BCUT2D eigenvalue weighted by atomic mass is 9.96. The summed E-state index contributed by atoms with van der Waals surface area (Å²) >= 11 is 14.2. The van der Waals surface area contributed by atoms with Crippen molar-refractivity contribution < 1.29 is 19.0 Å². The molecule has 0 bridgehead atoms. The van der Waals surface area contributed by atoms with Gasteiger partial charge in [0.1, 0.15) is 6.04 Å². The summed E-state index contributed by atoms with van der Waals surface area (Å²) in [5.74, 6) is 0.348. The minimum atomic E-state index is -0.786. The summed E-state index contributed by atoms with van der Waals surface area (Å²) in [5.41, 5.74) is 1.68. The molecule has 0 radical (unpaired) electrons. The first kappa shape index (κ1) is 27.0. The maximum atomic E-state index is 13.8. The molecule has 0 amide bonds. The van der Waals surface area contributed by atoms with Crippen LogP contribution in [0.5, 0.6) is 11.5 Å². The van der Waals surface area contributed by atoms with E-state index in [1.807, 2.05) is 19.9 Å². The maximum Gasteiger partial charge on any atom is 0.338 e. The molecule has 7 nitrogen and oxygen atoms in total. The highest BCUT2D eigenvalue weighted by molar-refractivity contribution is 7.07. The molecule has 1 aromatic heterocycles. The molecule has 2 heterocycles. The number of aromatic nitrogens is 1. The van der Waals surface area contributed by atoms with E-state index in [2.05, 4.69) is 4.99 Å². The summed E-state index contributed by atoms with van der Waals surface area (Å²) in [6.07, 6.45) is 1.62. The zero-order valence-electron chi connectivity index (χ0n) is 21.0. The van der Waals surface area contributed by atoms with Crippen molar-refractivity contribution in [2.75, 3.05) is 13.7 Å². The van der Waals surface area contributed by atoms with E-state index in [9.17, 15) is 9.59 Å². The highest BCUT2D eigenvalue weighted by atomic mass is 35.5. The van der Waals surface area contributed by atoms with Crippen molar-refractivity contribution in [3.8, 4) is 11.5 Å². The van der Waals surface area contributed by atoms with Gasteiger partial charge in [0.2, 0.25) is 0 Å². The number of carbonyl (C=O) groups is 1. The lowest BCUT2D eigenvalue weighted by Crippen LogP contribution is -2.40. The van der Waals surface area contributed by atoms with Crippen LogP contribution in [0, 0.1) is 0 Å². The van der Waals surface area contributed by atoms with Crippen molar-refractivity contribution in [1.29, 1.82) is 0 Å². The first-order valence-corrected chi connectivity index (χ1v) is 13.2. The Kier molecular flexibility index (Phi) is 8.11. The number of fused-ring (bicyclic) bond motifs is 1. The predicted octanol–water partition coefficient (Wildman–Crippen LogP) is 4.90. The second-order valence-electron chi connectivity index (χ2n) is 8.52. The Labute approximate surface area is 228 Å². The SMILES string of the molecule is CCOC(=O)C1=C(C)N=c2s/c(=C\c3cc(Cl)c(OC(C)C)c(OC)c3)c(=O)n2[C@H]1c1ccccc1Cl. The molecule has 1 atom stereocenters. The third kappa shape index (κ3) is 5.32. The Balaban J connectivity index is 1.93. The molecule has 37 heavy (non-hydrogen) atoms. The molecule has 3 aromatic rings. The van der Waals surface area contributed by atoms with Crippen LogP contribution in [0.4, 0.5) is 0 Å². The number of benzene rings is 2. The summed E-state index contributed by atoms with van der Waals surface area (Å²) in [6.45, 7) is 7.43. The van der Waals surface area contributed by atoms with Crippen molar-refractivity contribution >= 4 is 46.6 Å². The van der Waals surface area contributed by atoms with Crippen LogP contribution in [-0.4, -0.2) is 30.4 Å². The van der Waals surface area contributed by atoms with E-state index in [1.165, 1.54) is 23.0 Å². The number of carbonyl (C=O) groups excluding carboxylic acids is 1. The summed E-state index contributed by atoms with van der Waals surface area (Å²) in [6, 6.07) is 9.79. The standard InChI is InChI=1S/C27H26Cl2N2O5S/c1-6-35-26(33)22-15(4)30-27-31(23(22)17-9-7-8-10-18(17)28)25(32)21(37-27)13-16-11-19(29)24(36-14(2)3)20(12-16)34-5/h7-14,23H,6H2,1-5H3/b21-13-/t23-/m0/s1. The summed E-state index contributed by atoms with van der Waals surface area (Å²) in [4.78, 5) is 31.8. The minimum Gasteiger partial charge on any atom is -0.493 e. The predicted molar refractivity (Wildman–Crippen MR) is 146 cm³/mol. The fourth-order valence-corrected chi connectivity index (χ4v) is 5.66. The van der Waals surface area contributed by atoms with Crippen LogP contribution in [0.2, 0.25) is 10.0 Å². The van der Waals surface area contributed by atoms with E-state index < -0.39 is 12.0 Å². The third-order valence-corrected chi connectivity index (χ3v) is 7.23. The zero-order valence-corrected chi connectivity index (χ0v) is 23.3. The van der Waals surface area contributed by atoms with Gasteiger partial charge in [-0.05, 0) is 63.1 Å². The summed E-state index contributed by atoms with van der Waals surface area (Å²) in [7, 11) is 1.53. The number of thiazole rings is 1. The molecule has 0 saturated heterocycles. The molecule has 194 valence electrons. The summed E-state index contributed by atoms with van der Waals surface area (Å²) < 4.78 is 18.5. The van der Waals surface area contributed by atoms with Crippen LogP contribution in [0.3, 0.4) is 0 Å². The molecular formula is C27H26Cl2N2O5S. The molecule has 1 aliphatic heterocycles. The van der Waals surface area contributed by atoms with Crippen LogP contribution in [-0.2, 0) is 9.53 Å². The van der Waals surface area contributed by atoms with Crippen LogP contribution in [0.15, 0.2) is 57.5 Å². The Morgan fingerprint density at radius 1 is 1.22 bits per heavy atom. The van der Waals surface area contributed by atoms with Crippen molar-refractivity contribution in [2.24, 2.45) is 4.99 Å². The smallest absolute Gasteiger partial charge is 0.338 e. The molecule has 2 aromatic carbocycles. The lowest BCUT2D eigenvalue weighted by molar-refractivity contribution is -0.139. The Morgan fingerprint density at radius 2 is 1.95 bits per heavy atom. The Bertz CT molecular complexity index is 1570. The van der Waals surface area contributed by atoms with Gasteiger partial charge in [-0.2, -0.15) is 0 Å². The normalized spacial score (nSPS) is 15.5. The Morgan fingerprint density at radius 3 is 2.59 bits per heavy atom. The number of esters is 1. The zero-order chi connectivity index (χ0) is 26.9. The van der Waals surface area contributed by atoms with E-state index in [-0.39, 0.29) is 23.8 Å². The highest BCUT2D eigenvalue weighted by Gasteiger charge is 2.34. The monoisotopic (exact) mass is 560 g/mol. The highest BCUT2D eigenvalue weighted by Crippen LogP contribution is 2.37. The van der Waals surface area contributed by atoms with Gasteiger partial charge in [-0.1, -0.05) is 52.7 Å². The average Bonchev–Trinajstić information content (AvgIpc) is 3.14. The van der Waals surface area contributed by atoms with Crippen LogP contribution < -0.4 is 24.4 Å². The van der Waals surface area contributed by atoms with Crippen molar-refractivity contribution in [3.05, 3.63) is 88.5 Å². The number of nitrogens with zero attached hydrogens (tertiary/aromatic N) is 2. The van der Waals surface area contributed by atoms with Gasteiger partial charge in [-0.15, -0.1) is 0 Å². The maximum absolute atomic E-state index is 13.8. The molecular weight excluding hydrogens is 535 g/mol. The number of hydrogen-bond donors (Lipinski definition) is 0. The molecule has 10 heteroatoms. The number of hydrogen-bond acceptors (Lipinski definition) is 7. The molecule has 0 aliphatic carbocycles. The molecule has 0 spiro atoms. The van der Waals surface area contributed by atoms with Gasteiger partial charge >= 0.3 is 5.97 Å². The van der Waals surface area contributed by atoms with Crippen molar-refractivity contribution in [3.63, 3.8) is 0 Å². The minimum absolute atomic E-state index is 0.0948. The molecule has 0 saturated carbocycles. The Hall–Kier alpha value is -3.07. The molecule has 1 aliphatic rings. The number of halogens is 2. The molecule has 0 fully saturated rings. The van der Waals surface area contributed by atoms with Crippen LogP contribution >= 0.6 is 34.5 Å². The number of ether oxygens (including phenoxy) is 3. The van der Waals surface area contributed by atoms with Crippen LogP contribution in [0.25, 0.3) is 6.08 Å². The topological polar surface area (TPSA) is 79.1 Å². The van der Waals surface area contributed by atoms with Gasteiger partial charge < -0.3 is 14.2 Å². The van der Waals surface area contributed by atoms with Gasteiger partial charge in [0, 0.05) is 5.02 Å². The number of allylic oxidation sites excluding steroid dienone is 1. The van der Waals surface area contributed by atoms with E-state index in [1.54, 1.807) is 50.3 Å². The number of methoxy groups -OCH3 is 1. The van der Waals surface area contributed by atoms with Crippen LogP contribution in [0.1, 0.15) is 44.9 Å². The van der Waals surface area contributed by atoms with E-state index in [0.29, 0.717) is 47.7 Å². The molecule has 0 N–H and O–H groups in total. The second kappa shape index (κ2) is 11.1. The van der Waals surface area contributed by atoms with Gasteiger partial charge in [0.15, 0.2) is 16.3 Å². The largest absolute Gasteiger partial charge is 0.493 e. The quantitative estimate of drug-likeness (QED) is 0.384. The first-order chi connectivity index (χ1) is 17.7. The second-order valence-corrected chi connectivity index (χ2v) is 10.3. The fraction of sp³-hybridized carbons (Fsp3) is 0.296. The average molecular weight is 561 g/mol. The van der Waals surface area contributed by atoms with Gasteiger partial charge in [-0.25, -0.2) is 9.79 Å². The van der Waals surface area contributed by atoms with Crippen molar-refractivity contribution in [1.82, 2.24) is 4.57 Å².